The number of aliphatic carboxylic acids is 2. The minimum Gasteiger partial charge on any atom is -0.481 e. The number of hydrogen-bond donors (Lipinski definition) is 2. The molecule has 1 rings (SSSR count). The van der Waals surface area contributed by atoms with Crippen molar-refractivity contribution in [1.29, 1.82) is 0 Å². The van der Waals surface area contributed by atoms with E-state index in [0.29, 0.717) is 18.6 Å². The van der Waals surface area contributed by atoms with Crippen molar-refractivity contribution in [3.63, 3.8) is 0 Å². The molecule has 2 unspecified atom stereocenters. The molecule has 158 valence electrons. The fourth-order valence-corrected chi connectivity index (χ4v) is 4.10. The topological polar surface area (TPSA) is 83.8 Å². The maximum Gasteiger partial charge on any atom is 0.344 e. The Hall–Kier alpha value is -1.69. The predicted molar refractivity (Wildman–Crippen MR) is 113 cm³/mol. The highest BCUT2D eigenvalue weighted by Gasteiger charge is 2.22. The molecule has 0 bridgehead atoms. The lowest BCUT2D eigenvalue weighted by molar-refractivity contribution is -0.145. The van der Waals surface area contributed by atoms with Gasteiger partial charge in [-0.3, -0.25) is 4.79 Å². The number of para-hydroxylation sites is 1. The second-order valence-corrected chi connectivity index (χ2v) is 8.39. The quantitative estimate of drug-likeness (QED) is 0.257. The van der Waals surface area contributed by atoms with E-state index in [4.69, 9.17) is 9.84 Å². The van der Waals surface area contributed by atoms with Crippen LogP contribution in [0.4, 0.5) is 0 Å². The molecule has 28 heavy (non-hydrogen) atoms. The van der Waals surface area contributed by atoms with Crippen LogP contribution in [0, 0.1) is 0 Å². The SMILES string of the molecule is CCCCCCCCCC(Oc1ccccc1SC(CC)CC(=O)O)C(=O)O. The average Bonchev–Trinajstić information content (AvgIpc) is 2.66. The predicted octanol–water partition coefficient (Wildman–Crippen LogP) is 6.00. The van der Waals surface area contributed by atoms with Crippen LogP contribution < -0.4 is 4.74 Å². The first kappa shape index (κ1) is 24.3. The molecular formula is C22H34O5S. The molecule has 0 heterocycles. The molecule has 0 saturated carbocycles. The van der Waals surface area contributed by atoms with Gasteiger partial charge in [0, 0.05) is 10.1 Å². The van der Waals surface area contributed by atoms with E-state index < -0.39 is 18.0 Å². The maximum absolute atomic E-state index is 11.6. The Morgan fingerprint density at radius 3 is 2.25 bits per heavy atom. The van der Waals surface area contributed by atoms with Crippen molar-refractivity contribution < 1.29 is 24.5 Å². The van der Waals surface area contributed by atoms with Gasteiger partial charge in [-0.2, -0.15) is 0 Å². The highest BCUT2D eigenvalue weighted by Crippen LogP contribution is 2.35. The van der Waals surface area contributed by atoms with Gasteiger partial charge in [-0.1, -0.05) is 64.5 Å². The van der Waals surface area contributed by atoms with Crippen molar-refractivity contribution in [3.8, 4) is 5.75 Å². The molecule has 0 spiro atoms. The highest BCUT2D eigenvalue weighted by atomic mass is 32.2. The standard InChI is InChI=1S/C22H34O5S/c1-3-5-6-7-8-9-10-14-19(22(25)26)27-18-13-11-12-15-20(18)28-17(4-2)16-21(23)24/h11-13,15,17,19H,3-10,14,16H2,1-2H3,(H,23,24)(H,25,26). The molecule has 0 radical (unpaired) electrons. The lowest BCUT2D eigenvalue weighted by Crippen LogP contribution is -2.27. The van der Waals surface area contributed by atoms with Crippen molar-refractivity contribution in [3.05, 3.63) is 24.3 Å². The Morgan fingerprint density at radius 2 is 1.64 bits per heavy atom. The summed E-state index contributed by atoms with van der Waals surface area (Å²) in [5, 5.41) is 18.5. The average molecular weight is 411 g/mol. The van der Waals surface area contributed by atoms with Gasteiger partial charge in [0.15, 0.2) is 6.10 Å². The van der Waals surface area contributed by atoms with Crippen molar-refractivity contribution in [2.24, 2.45) is 0 Å². The fourth-order valence-electron chi connectivity index (χ4n) is 2.96. The molecular weight excluding hydrogens is 376 g/mol. The summed E-state index contributed by atoms with van der Waals surface area (Å²) in [4.78, 5) is 23.4. The minimum atomic E-state index is -0.955. The largest absolute Gasteiger partial charge is 0.481 e. The summed E-state index contributed by atoms with van der Waals surface area (Å²) in [6, 6.07) is 7.28. The van der Waals surface area contributed by atoms with E-state index in [1.807, 2.05) is 25.1 Å². The molecule has 0 aromatic heterocycles. The summed E-state index contributed by atoms with van der Waals surface area (Å²) in [6.07, 6.45) is 8.29. The van der Waals surface area contributed by atoms with Gasteiger partial charge in [-0.25, -0.2) is 4.79 Å². The first-order chi connectivity index (χ1) is 13.5. The number of carboxylic acids is 2. The van der Waals surface area contributed by atoms with Crippen LogP contribution in [-0.2, 0) is 9.59 Å². The van der Waals surface area contributed by atoms with Gasteiger partial charge >= 0.3 is 11.9 Å². The van der Waals surface area contributed by atoms with Crippen LogP contribution >= 0.6 is 11.8 Å². The molecule has 0 saturated heterocycles. The number of ether oxygens (including phenoxy) is 1. The highest BCUT2D eigenvalue weighted by molar-refractivity contribution is 8.00. The van der Waals surface area contributed by atoms with Gasteiger partial charge in [0.25, 0.3) is 0 Å². The van der Waals surface area contributed by atoms with Gasteiger partial charge < -0.3 is 14.9 Å². The molecule has 0 aliphatic carbocycles. The number of thioether (sulfide) groups is 1. The Labute approximate surface area is 172 Å². The molecule has 0 fully saturated rings. The normalized spacial score (nSPS) is 13.1. The van der Waals surface area contributed by atoms with E-state index in [2.05, 4.69) is 6.92 Å². The summed E-state index contributed by atoms with van der Waals surface area (Å²) >= 11 is 1.44. The first-order valence-corrected chi connectivity index (χ1v) is 11.2. The van der Waals surface area contributed by atoms with Crippen LogP contribution in [0.2, 0.25) is 0 Å². The van der Waals surface area contributed by atoms with Gasteiger partial charge in [0.1, 0.15) is 5.75 Å². The van der Waals surface area contributed by atoms with Gasteiger partial charge in [0.2, 0.25) is 0 Å². The summed E-state index contributed by atoms with van der Waals surface area (Å²) in [7, 11) is 0. The number of carboxylic acid groups (broad SMARTS) is 2. The lowest BCUT2D eigenvalue weighted by atomic mass is 10.1. The molecule has 0 amide bonds. The Morgan fingerprint density at radius 1 is 1.00 bits per heavy atom. The number of hydrogen-bond acceptors (Lipinski definition) is 4. The summed E-state index contributed by atoms with van der Waals surface area (Å²) < 4.78 is 5.83. The Bertz CT molecular complexity index is 590. The Kier molecular flexibility index (Phi) is 12.5. The number of rotatable bonds is 16. The molecule has 5 nitrogen and oxygen atoms in total. The van der Waals surface area contributed by atoms with Crippen LogP contribution in [-0.4, -0.2) is 33.5 Å². The third-order valence-electron chi connectivity index (χ3n) is 4.61. The van der Waals surface area contributed by atoms with Crippen LogP contribution in [0.5, 0.6) is 5.75 Å². The zero-order valence-corrected chi connectivity index (χ0v) is 17.9. The molecule has 0 aliphatic heterocycles. The third-order valence-corrected chi connectivity index (χ3v) is 6.04. The zero-order chi connectivity index (χ0) is 20.8. The fraction of sp³-hybridized carbons (Fsp3) is 0.636. The second-order valence-electron chi connectivity index (χ2n) is 7.05. The Balaban J connectivity index is 2.62. The first-order valence-electron chi connectivity index (χ1n) is 10.3. The van der Waals surface area contributed by atoms with Crippen molar-refractivity contribution in [2.45, 2.75) is 94.3 Å². The number of benzene rings is 1. The monoisotopic (exact) mass is 410 g/mol. The second kappa shape index (κ2) is 14.3. The van der Waals surface area contributed by atoms with Crippen molar-refractivity contribution in [1.82, 2.24) is 0 Å². The molecule has 6 heteroatoms. The molecule has 1 aromatic carbocycles. The summed E-state index contributed by atoms with van der Waals surface area (Å²) in [5.74, 6) is -1.27. The van der Waals surface area contributed by atoms with Gasteiger partial charge in [-0.05, 0) is 31.4 Å². The number of unbranched alkanes of at least 4 members (excludes halogenated alkanes) is 6. The minimum absolute atomic E-state index is 0.0654. The summed E-state index contributed by atoms with van der Waals surface area (Å²) in [5.41, 5.74) is 0. The van der Waals surface area contributed by atoms with E-state index >= 15 is 0 Å². The molecule has 1 aromatic rings. The maximum atomic E-state index is 11.6. The van der Waals surface area contributed by atoms with E-state index in [1.54, 1.807) is 6.07 Å². The van der Waals surface area contributed by atoms with E-state index in [9.17, 15) is 14.7 Å². The van der Waals surface area contributed by atoms with E-state index in [-0.39, 0.29) is 11.7 Å². The van der Waals surface area contributed by atoms with Gasteiger partial charge in [-0.15, -0.1) is 11.8 Å². The number of carbonyl (C=O) groups is 2. The van der Waals surface area contributed by atoms with Crippen LogP contribution in [0.15, 0.2) is 29.2 Å². The lowest BCUT2D eigenvalue weighted by Gasteiger charge is -2.19. The molecule has 2 atom stereocenters. The van der Waals surface area contributed by atoms with Gasteiger partial charge in [0.05, 0.1) is 6.42 Å². The third kappa shape index (κ3) is 10.0. The van der Waals surface area contributed by atoms with Crippen LogP contribution in [0.25, 0.3) is 0 Å². The zero-order valence-electron chi connectivity index (χ0n) is 17.1. The smallest absolute Gasteiger partial charge is 0.344 e. The van der Waals surface area contributed by atoms with Crippen molar-refractivity contribution in [2.75, 3.05) is 0 Å². The molecule has 2 N–H and O–H groups in total. The summed E-state index contributed by atoms with van der Waals surface area (Å²) in [6.45, 7) is 4.14. The van der Waals surface area contributed by atoms with E-state index in [1.165, 1.54) is 37.4 Å². The van der Waals surface area contributed by atoms with Crippen LogP contribution in [0.3, 0.4) is 0 Å². The van der Waals surface area contributed by atoms with Crippen LogP contribution in [0.1, 0.15) is 78.1 Å². The molecule has 0 aliphatic rings. The van der Waals surface area contributed by atoms with E-state index in [0.717, 1.165) is 24.2 Å². The van der Waals surface area contributed by atoms with Crippen molar-refractivity contribution >= 4 is 23.7 Å².